The molecule has 0 aliphatic carbocycles. The quantitative estimate of drug-likeness (QED) is 0.692. The van der Waals surface area contributed by atoms with Crippen molar-refractivity contribution in [3.05, 3.63) is 71.8 Å². The molecule has 3 fully saturated rings. The molecule has 5 rings (SSSR count). The van der Waals surface area contributed by atoms with Crippen LogP contribution in [0.25, 0.3) is 0 Å². The van der Waals surface area contributed by atoms with Crippen molar-refractivity contribution >= 4 is 11.9 Å². The van der Waals surface area contributed by atoms with Gasteiger partial charge in [-0.2, -0.15) is 0 Å². The van der Waals surface area contributed by atoms with E-state index >= 15 is 0 Å². The summed E-state index contributed by atoms with van der Waals surface area (Å²) in [5.41, 5.74) is 1.91. The van der Waals surface area contributed by atoms with Crippen molar-refractivity contribution in [1.82, 2.24) is 20.0 Å². The number of hydrogen-bond acceptors (Lipinski definition) is 4. The molecule has 3 aliphatic rings. The van der Waals surface area contributed by atoms with Crippen molar-refractivity contribution in [2.75, 3.05) is 32.7 Å². The summed E-state index contributed by atoms with van der Waals surface area (Å²) in [6, 6.07) is 20.7. The SMILES string of the molecule is O=C1NC2(CCN(CCc3ccccc3)CC2)C(=O)N1[C@H]1CCCN(Cc2ccccc2)C1. The number of amides is 3. The van der Waals surface area contributed by atoms with E-state index in [4.69, 9.17) is 0 Å². The van der Waals surface area contributed by atoms with Gasteiger partial charge < -0.3 is 10.2 Å². The Morgan fingerprint density at radius 1 is 0.848 bits per heavy atom. The first-order valence-corrected chi connectivity index (χ1v) is 12.3. The van der Waals surface area contributed by atoms with Crippen molar-refractivity contribution in [3.63, 3.8) is 0 Å². The number of benzene rings is 2. The van der Waals surface area contributed by atoms with Crippen LogP contribution in [-0.2, 0) is 17.8 Å². The fraction of sp³-hybridized carbons (Fsp3) is 0.481. The maximum atomic E-state index is 13.5. The monoisotopic (exact) mass is 446 g/mol. The van der Waals surface area contributed by atoms with Crippen LogP contribution in [0.15, 0.2) is 60.7 Å². The van der Waals surface area contributed by atoms with Crippen molar-refractivity contribution < 1.29 is 9.59 Å². The van der Waals surface area contributed by atoms with Gasteiger partial charge in [-0.1, -0.05) is 60.7 Å². The van der Waals surface area contributed by atoms with Crippen molar-refractivity contribution in [2.24, 2.45) is 0 Å². The van der Waals surface area contributed by atoms with E-state index in [-0.39, 0.29) is 18.0 Å². The van der Waals surface area contributed by atoms with Crippen molar-refractivity contribution in [3.8, 4) is 0 Å². The Kier molecular flexibility index (Phi) is 6.47. The van der Waals surface area contributed by atoms with Gasteiger partial charge in [-0.25, -0.2) is 4.79 Å². The van der Waals surface area contributed by atoms with E-state index in [0.29, 0.717) is 12.8 Å². The van der Waals surface area contributed by atoms with Crippen LogP contribution in [0.4, 0.5) is 4.79 Å². The van der Waals surface area contributed by atoms with Gasteiger partial charge in [0.2, 0.25) is 0 Å². The number of rotatable bonds is 6. The predicted molar refractivity (Wildman–Crippen MR) is 129 cm³/mol. The van der Waals surface area contributed by atoms with Crippen LogP contribution in [0.2, 0.25) is 0 Å². The Morgan fingerprint density at radius 2 is 1.52 bits per heavy atom. The highest BCUT2D eigenvalue weighted by molar-refractivity contribution is 6.07. The van der Waals surface area contributed by atoms with Crippen LogP contribution in [0, 0.1) is 0 Å². The zero-order chi connectivity index (χ0) is 22.7. The Morgan fingerprint density at radius 3 is 2.21 bits per heavy atom. The van der Waals surface area contributed by atoms with Crippen LogP contribution >= 0.6 is 0 Å². The van der Waals surface area contributed by atoms with Gasteiger partial charge in [0.05, 0.1) is 6.04 Å². The van der Waals surface area contributed by atoms with Gasteiger partial charge in [-0.05, 0) is 49.8 Å². The average molecular weight is 447 g/mol. The van der Waals surface area contributed by atoms with Gasteiger partial charge in [0.1, 0.15) is 5.54 Å². The first kappa shape index (κ1) is 22.1. The molecule has 3 saturated heterocycles. The third kappa shape index (κ3) is 4.82. The van der Waals surface area contributed by atoms with Crippen LogP contribution in [0.1, 0.15) is 36.8 Å². The van der Waals surface area contributed by atoms with Gasteiger partial charge in [-0.3, -0.25) is 14.6 Å². The highest BCUT2D eigenvalue weighted by atomic mass is 16.2. The lowest BCUT2D eigenvalue weighted by Gasteiger charge is -2.39. The van der Waals surface area contributed by atoms with E-state index < -0.39 is 5.54 Å². The molecule has 174 valence electrons. The molecule has 0 saturated carbocycles. The maximum Gasteiger partial charge on any atom is 0.325 e. The van der Waals surface area contributed by atoms with Crippen LogP contribution < -0.4 is 5.32 Å². The third-order valence-corrected chi connectivity index (χ3v) is 7.56. The Labute approximate surface area is 196 Å². The van der Waals surface area contributed by atoms with Crippen molar-refractivity contribution in [1.29, 1.82) is 0 Å². The molecule has 2 aromatic rings. The van der Waals surface area contributed by atoms with E-state index in [1.807, 2.05) is 12.1 Å². The molecule has 33 heavy (non-hydrogen) atoms. The van der Waals surface area contributed by atoms with Gasteiger partial charge in [0.25, 0.3) is 5.91 Å². The van der Waals surface area contributed by atoms with Gasteiger partial charge >= 0.3 is 6.03 Å². The lowest BCUT2D eigenvalue weighted by molar-refractivity contribution is -0.135. The summed E-state index contributed by atoms with van der Waals surface area (Å²) in [7, 11) is 0. The van der Waals surface area contributed by atoms with E-state index in [1.165, 1.54) is 11.1 Å². The molecule has 0 radical (unpaired) electrons. The number of nitrogens with one attached hydrogen (secondary N) is 1. The number of hydrogen-bond donors (Lipinski definition) is 1. The Hall–Kier alpha value is -2.70. The summed E-state index contributed by atoms with van der Waals surface area (Å²) in [6.45, 7) is 5.31. The fourth-order valence-corrected chi connectivity index (χ4v) is 5.63. The third-order valence-electron chi connectivity index (χ3n) is 7.56. The summed E-state index contributed by atoms with van der Waals surface area (Å²) in [5.74, 6) is 0.00164. The number of carbonyl (C=O) groups is 2. The minimum absolute atomic E-state index is 0.00164. The highest BCUT2D eigenvalue weighted by Gasteiger charge is 2.54. The lowest BCUT2D eigenvalue weighted by Crippen LogP contribution is -2.56. The minimum atomic E-state index is -0.706. The molecule has 1 spiro atoms. The molecule has 3 aliphatic heterocycles. The molecule has 0 bridgehead atoms. The highest BCUT2D eigenvalue weighted by Crippen LogP contribution is 2.32. The molecule has 6 heteroatoms. The maximum absolute atomic E-state index is 13.5. The second-order valence-electron chi connectivity index (χ2n) is 9.78. The molecular weight excluding hydrogens is 412 g/mol. The molecule has 3 amide bonds. The number of carbonyl (C=O) groups excluding carboxylic acids is 2. The first-order chi connectivity index (χ1) is 16.1. The Bertz CT molecular complexity index is 957. The molecule has 0 unspecified atom stereocenters. The van der Waals surface area contributed by atoms with E-state index in [1.54, 1.807) is 4.90 Å². The second kappa shape index (κ2) is 9.65. The normalized spacial score (nSPS) is 23.8. The van der Waals surface area contributed by atoms with Gasteiger partial charge in [0.15, 0.2) is 0 Å². The summed E-state index contributed by atoms with van der Waals surface area (Å²) < 4.78 is 0. The number of piperidine rings is 2. The smallest absolute Gasteiger partial charge is 0.323 e. The van der Waals surface area contributed by atoms with Crippen molar-refractivity contribution in [2.45, 2.75) is 50.2 Å². The number of imide groups is 1. The standard InChI is InChI=1S/C27H34N4O2/c32-25-27(14-18-29(19-15-27)17-13-22-8-3-1-4-9-22)28-26(33)31(25)24-12-7-16-30(21-24)20-23-10-5-2-6-11-23/h1-6,8-11,24H,7,12-21H2,(H,28,33)/t24-/m0/s1. The summed E-state index contributed by atoms with van der Waals surface area (Å²) in [5, 5.41) is 3.12. The number of urea groups is 1. The van der Waals surface area contributed by atoms with E-state index in [9.17, 15) is 9.59 Å². The average Bonchev–Trinajstić information content (AvgIpc) is 3.09. The first-order valence-electron chi connectivity index (χ1n) is 12.3. The van der Waals surface area contributed by atoms with Crippen LogP contribution in [0.5, 0.6) is 0 Å². The topological polar surface area (TPSA) is 55.9 Å². The molecule has 0 aromatic heterocycles. The van der Waals surface area contributed by atoms with Gasteiger partial charge in [0, 0.05) is 32.7 Å². The zero-order valence-electron chi connectivity index (χ0n) is 19.3. The van der Waals surface area contributed by atoms with Crippen LogP contribution in [0.3, 0.4) is 0 Å². The fourth-order valence-electron chi connectivity index (χ4n) is 5.63. The molecular formula is C27H34N4O2. The molecule has 1 N–H and O–H groups in total. The van der Waals surface area contributed by atoms with Gasteiger partial charge in [-0.15, -0.1) is 0 Å². The summed E-state index contributed by atoms with van der Waals surface area (Å²) in [4.78, 5) is 32.9. The molecule has 1 atom stereocenters. The predicted octanol–water partition coefficient (Wildman–Crippen LogP) is 3.28. The number of nitrogens with zero attached hydrogens (tertiary/aromatic N) is 3. The van der Waals surface area contributed by atoms with E-state index in [2.05, 4.69) is 63.6 Å². The zero-order valence-corrected chi connectivity index (χ0v) is 19.3. The molecule has 6 nitrogen and oxygen atoms in total. The second-order valence-corrected chi connectivity index (χ2v) is 9.78. The number of likely N-dealkylation sites (tertiary alicyclic amines) is 2. The largest absolute Gasteiger partial charge is 0.325 e. The molecule has 2 aromatic carbocycles. The minimum Gasteiger partial charge on any atom is -0.323 e. The summed E-state index contributed by atoms with van der Waals surface area (Å²) in [6.07, 6.45) is 4.31. The van der Waals surface area contributed by atoms with Crippen LogP contribution in [-0.4, -0.2) is 70.9 Å². The Balaban J connectivity index is 1.18. The summed E-state index contributed by atoms with van der Waals surface area (Å²) >= 11 is 0. The van der Waals surface area contributed by atoms with E-state index in [0.717, 1.165) is 58.5 Å². The molecule has 3 heterocycles. The lowest BCUT2D eigenvalue weighted by atomic mass is 9.87.